The number of piperidine rings is 1. The van der Waals surface area contributed by atoms with E-state index in [2.05, 4.69) is 10.4 Å². The third-order valence-corrected chi connectivity index (χ3v) is 8.22. The Balaban J connectivity index is 1.44. The average molecular weight is 494 g/mol. The normalized spacial score (nSPS) is 16.0. The second kappa shape index (κ2) is 9.87. The van der Waals surface area contributed by atoms with Gasteiger partial charge < -0.3 is 5.32 Å². The summed E-state index contributed by atoms with van der Waals surface area (Å²) in [5.41, 5.74) is 0.672. The van der Waals surface area contributed by atoms with E-state index in [9.17, 15) is 13.2 Å². The van der Waals surface area contributed by atoms with E-state index in [-0.39, 0.29) is 16.7 Å². The van der Waals surface area contributed by atoms with E-state index in [1.165, 1.54) is 16.4 Å². The molecule has 0 radical (unpaired) electrons. The molecule has 11 heteroatoms. The van der Waals surface area contributed by atoms with E-state index in [1.54, 1.807) is 23.7 Å². The fourth-order valence-electron chi connectivity index (χ4n) is 3.38. The lowest BCUT2D eigenvalue weighted by Crippen LogP contribution is -2.43. The van der Waals surface area contributed by atoms with Crippen LogP contribution in [0.5, 0.6) is 0 Å². The first-order valence-electron chi connectivity index (χ1n) is 9.62. The lowest BCUT2D eigenvalue weighted by atomic mass is 9.97. The van der Waals surface area contributed by atoms with Crippen LogP contribution in [0.2, 0.25) is 15.2 Å². The first-order chi connectivity index (χ1) is 14.2. The van der Waals surface area contributed by atoms with Crippen LogP contribution in [0.1, 0.15) is 25.0 Å². The van der Waals surface area contributed by atoms with Crippen molar-refractivity contribution in [2.75, 3.05) is 19.6 Å². The van der Waals surface area contributed by atoms with Gasteiger partial charge in [-0.1, -0.05) is 34.8 Å². The Labute approximate surface area is 191 Å². The van der Waals surface area contributed by atoms with Gasteiger partial charge in [0.1, 0.15) is 10.2 Å². The SMILES string of the molecule is Cc1nn(CCCNC(=O)C2CCN(S(=O)(=O)c3ccc(Cl)cc3)CC2)c(Cl)c1Cl. The Morgan fingerprint density at radius 1 is 1.17 bits per heavy atom. The predicted octanol–water partition coefficient (Wildman–Crippen LogP) is 3.76. The number of hydrogen-bond donors (Lipinski definition) is 1. The number of aromatic nitrogens is 2. The summed E-state index contributed by atoms with van der Waals surface area (Å²) in [5, 5.41) is 8.49. The van der Waals surface area contributed by atoms with Crippen molar-refractivity contribution in [1.29, 1.82) is 0 Å². The van der Waals surface area contributed by atoms with Crippen molar-refractivity contribution in [2.24, 2.45) is 5.92 Å². The second-order valence-electron chi connectivity index (χ2n) is 7.19. The summed E-state index contributed by atoms with van der Waals surface area (Å²) in [6, 6.07) is 6.11. The van der Waals surface area contributed by atoms with Crippen molar-refractivity contribution in [3.63, 3.8) is 0 Å². The highest BCUT2D eigenvalue weighted by Gasteiger charge is 2.31. The van der Waals surface area contributed by atoms with E-state index in [4.69, 9.17) is 34.8 Å². The highest BCUT2D eigenvalue weighted by Crippen LogP contribution is 2.26. The van der Waals surface area contributed by atoms with Crippen LogP contribution < -0.4 is 5.32 Å². The predicted molar refractivity (Wildman–Crippen MR) is 118 cm³/mol. The number of amides is 1. The summed E-state index contributed by atoms with van der Waals surface area (Å²) in [4.78, 5) is 12.6. The Hall–Kier alpha value is -1.32. The first kappa shape index (κ1) is 23.3. The molecule has 7 nitrogen and oxygen atoms in total. The zero-order chi connectivity index (χ0) is 21.9. The quantitative estimate of drug-likeness (QED) is 0.595. The molecule has 0 unspecified atom stereocenters. The highest BCUT2D eigenvalue weighted by atomic mass is 35.5. The number of hydrogen-bond acceptors (Lipinski definition) is 4. The maximum absolute atomic E-state index is 12.7. The largest absolute Gasteiger partial charge is 0.356 e. The first-order valence-corrected chi connectivity index (χ1v) is 12.2. The van der Waals surface area contributed by atoms with Crippen molar-refractivity contribution >= 4 is 50.7 Å². The molecule has 1 aromatic carbocycles. The monoisotopic (exact) mass is 492 g/mol. The third-order valence-electron chi connectivity index (χ3n) is 5.12. The molecule has 3 rings (SSSR count). The molecule has 30 heavy (non-hydrogen) atoms. The molecule has 1 aromatic heterocycles. The van der Waals surface area contributed by atoms with Gasteiger partial charge in [0.05, 0.1) is 10.6 Å². The van der Waals surface area contributed by atoms with Gasteiger partial charge in [0.15, 0.2) is 0 Å². The maximum Gasteiger partial charge on any atom is 0.243 e. The van der Waals surface area contributed by atoms with Crippen LogP contribution in [0.3, 0.4) is 0 Å². The van der Waals surface area contributed by atoms with Gasteiger partial charge in [-0.25, -0.2) is 8.42 Å². The molecule has 2 aromatic rings. The summed E-state index contributed by atoms with van der Waals surface area (Å²) >= 11 is 17.9. The number of carbonyl (C=O) groups is 1. The molecule has 1 N–H and O–H groups in total. The minimum atomic E-state index is -3.58. The van der Waals surface area contributed by atoms with E-state index in [0.29, 0.717) is 66.3 Å². The van der Waals surface area contributed by atoms with Crippen LogP contribution >= 0.6 is 34.8 Å². The van der Waals surface area contributed by atoms with Crippen LogP contribution in [-0.4, -0.2) is 48.0 Å². The number of nitrogens with zero attached hydrogens (tertiary/aromatic N) is 3. The van der Waals surface area contributed by atoms with Crippen molar-refractivity contribution in [3.8, 4) is 0 Å². The van der Waals surface area contributed by atoms with E-state index >= 15 is 0 Å². The summed E-state index contributed by atoms with van der Waals surface area (Å²) in [6.45, 7) is 3.43. The molecular formula is C19H23Cl3N4O3S. The Kier molecular flexibility index (Phi) is 7.68. The van der Waals surface area contributed by atoms with Gasteiger partial charge in [0.25, 0.3) is 0 Å². The summed E-state index contributed by atoms with van der Waals surface area (Å²) in [6.07, 6.45) is 1.63. The average Bonchev–Trinajstić information content (AvgIpc) is 2.98. The Bertz CT molecular complexity index is 1000. The van der Waals surface area contributed by atoms with Crippen LogP contribution in [-0.2, 0) is 21.4 Å². The highest BCUT2D eigenvalue weighted by molar-refractivity contribution is 7.89. The second-order valence-corrected chi connectivity index (χ2v) is 10.3. The molecule has 164 valence electrons. The lowest BCUT2D eigenvalue weighted by Gasteiger charge is -2.30. The molecule has 1 fully saturated rings. The molecule has 1 amide bonds. The number of carbonyl (C=O) groups excluding carboxylic acids is 1. The van der Waals surface area contributed by atoms with Gasteiger partial charge in [0, 0.05) is 37.1 Å². The van der Waals surface area contributed by atoms with Gasteiger partial charge >= 0.3 is 0 Å². The van der Waals surface area contributed by atoms with Gasteiger partial charge in [-0.05, 0) is 50.5 Å². The van der Waals surface area contributed by atoms with E-state index in [1.807, 2.05) is 0 Å². The number of sulfonamides is 1. The molecule has 0 atom stereocenters. The fourth-order valence-corrected chi connectivity index (χ4v) is 5.37. The van der Waals surface area contributed by atoms with Crippen LogP contribution in [0.15, 0.2) is 29.2 Å². The van der Waals surface area contributed by atoms with Crippen molar-refractivity contribution < 1.29 is 13.2 Å². The van der Waals surface area contributed by atoms with Crippen LogP contribution in [0, 0.1) is 12.8 Å². The number of halogens is 3. The maximum atomic E-state index is 12.7. The van der Waals surface area contributed by atoms with Gasteiger partial charge in [0.2, 0.25) is 15.9 Å². The van der Waals surface area contributed by atoms with Crippen LogP contribution in [0.25, 0.3) is 0 Å². The number of rotatable bonds is 7. The third kappa shape index (κ3) is 5.29. The standard InChI is InChI=1S/C19H23Cl3N4O3S/c1-13-17(21)18(22)26(24-13)10-2-9-23-19(27)14-7-11-25(12-8-14)30(28,29)16-5-3-15(20)4-6-16/h3-6,14H,2,7-12H2,1H3,(H,23,27). The summed E-state index contributed by atoms with van der Waals surface area (Å²) < 4.78 is 28.5. The van der Waals surface area contributed by atoms with Crippen molar-refractivity contribution in [3.05, 3.63) is 45.2 Å². The van der Waals surface area contributed by atoms with Gasteiger partial charge in [-0.15, -0.1) is 0 Å². The molecule has 0 bridgehead atoms. The molecule has 2 heterocycles. The van der Waals surface area contributed by atoms with Crippen molar-refractivity contribution in [2.45, 2.75) is 37.6 Å². The minimum Gasteiger partial charge on any atom is -0.356 e. The van der Waals surface area contributed by atoms with Crippen molar-refractivity contribution in [1.82, 2.24) is 19.4 Å². The Morgan fingerprint density at radius 3 is 2.37 bits per heavy atom. The number of aryl methyl sites for hydroxylation is 2. The van der Waals surface area contributed by atoms with Crippen LogP contribution in [0.4, 0.5) is 0 Å². The molecule has 1 aliphatic heterocycles. The zero-order valence-electron chi connectivity index (χ0n) is 16.4. The zero-order valence-corrected chi connectivity index (χ0v) is 19.5. The molecule has 0 saturated carbocycles. The smallest absolute Gasteiger partial charge is 0.243 e. The molecule has 1 saturated heterocycles. The van der Waals surface area contributed by atoms with Gasteiger partial charge in [-0.2, -0.15) is 9.40 Å². The topological polar surface area (TPSA) is 84.3 Å². The molecule has 0 spiro atoms. The molecule has 0 aliphatic carbocycles. The van der Waals surface area contributed by atoms with E-state index < -0.39 is 10.0 Å². The number of benzene rings is 1. The van der Waals surface area contributed by atoms with E-state index in [0.717, 1.165) is 0 Å². The minimum absolute atomic E-state index is 0.0562. The van der Waals surface area contributed by atoms with Gasteiger partial charge in [-0.3, -0.25) is 9.48 Å². The Morgan fingerprint density at radius 2 is 1.80 bits per heavy atom. The molecular weight excluding hydrogens is 471 g/mol. The molecule has 1 aliphatic rings. The fraction of sp³-hybridized carbons (Fsp3) is 0.474. The lowest BCUT2D eigenvalue weighted by molar-refractivity contribution is -0.126. The summed E-state index contributed by atoms with van der Waals surface area (Å²) in [7, 11) is -3.58. The summed E-state index contributed by atoms with van der Waals surface area (Å²) in [5.74, 6) is -0.258. The number of nitrogens with one attached hydrogen (secondary N) is 1.